The summed E-state index contributed by atoms with van der Waals surface area (Å²) in [5.74, 6) is -1.34. The number of carbonyl (C=O) groups excluding carboxylic acids is 2. The van der Waals surface area contributed by atoms with Crippen molar-refractivity contribution in [3.63, 3.8) is 0 Å². The van der Waals surface area contributed by atoms with Crippen molar-refractivity contribution >= 4 is 17.5 Å². The second kappa shape index (κ2) is 8.48. The summed E-state index contributed by atoms with van der Waals surface area (Å²) in [4.78, 5) is 22.7. The normalized spacial score (nSPS) is 12.2. The molecule has 0 aliphatic rings. The Bertz CT molecular complexity index is 532. The van der Waals surface area contributed by atoms with Gasteiger partial charge in [-0.1, -0.05) is 13.8 Å². The quantitative estimate of drug-likeness (QED) is 0.774. The molecule has 0 spiro atoms. The maximum Gasteiger partial charge on any atom is 0.251 e. The molecule has 0 aliphatic carbocycles. The van der Waals surface area contributed by atoms with Crippen molar-refractivity contribution < 1.29 is 18.7 Å². The van der Waals surface area contributed by atoms with Gasteiger partial charge in [0.2, 0.25) is 5.91 Å². The van der Waals surface area contributed by atoms with Crippen molar-refractivity contribution in [1.82, 2.24) is 0 Å². The number of benzene rings is 1. The van der Waals surface area contributed by atoms with Crippen molar-refractivity contribution in [2.75, 3.05) is 11.9 Å². The minimum absolute atomic E-state index is 0.0973. The molecule has 1 aromatic rings. The Morgan fingerprint density at radius 2 is 2.00 bits per heavy atom. The third-order valence-corrected chi connectivity index (χ3v) is 3.05. The van der Waals surface area contributed by atoms with Gasteiger partial charge in [0.1, 0.15) is 5.82 Å². The molecule has 3 N–H and O–H groups in total. The molecule has 0 saturated heterocycles. The second-order valence-corrected chi connectivity index (χ2v) is 5.67. The Labute approximate surface area is 130 Å². The van der Waals surface area contributed by atoms with Gasteiger partial charge in [-0.2, -0.15) is 0 Å². The lowest BCUT2D eigenvalue weighted by molar-refractivity contribution is -0.117. The van der Waals surface area contributed by atoms with Gasteiger partial charge in [-0.25, -0.2) is 4.39 Å². The molecule has 5 nitrogen and oxygen atoms in total. The predicted octanol–water partition coefficient (Wildman–Crippen LogP) is 2.70. The molecule has 0 fully saturated rings. The number of nitrogens with two attached hydrogens (primary N) is 1. The summed E-state index contributed by atoms with van der Waals surface area (Å²) >= 11 is 0. The summed E-state index contributed by atoms with van der Waals surface area (Å²) < 4.78 is 19.1. The van der Waals surface area contributed by atoms with Crippen LogP contribution in [0.4, 0.5) is 10.1 Å². The van der Waals surface area contributed by atoms with Gasteiger partial charge in [-0.15, -0.1) is 0 Å². The Kier molecular flexibility index (Phi) is 6.98. The minimum atomic E-state index is -0.845. The van der Waals surface area contributed by atoms with Gasteiger partial charge in [0, 0.05) is 5.69 Å². The zero-order valence-electron chi connectivity index (χ0n) is 13.2. The molecule has 0 radical (unpaired) electrons. The van der Waals surface area contributed by atoms with Crippen LogP contribution in [-0.2, 0) is 9.53 Å². The maximum atomic E-state index is 13.6. The van der Waals surface area contributed by atoms with E-state index >= 15 is 0 Å². The molecule has 1 unspecified atom stereocenters. The largest absolute Gasteiger partial charge is 0.378 e. The number of anilines is 1. The number of nitrogens with one attached hydrogen (secondary N) is 1. The molecule has 2 amide bonds. The molecule has 0 saturated carbocycles. The lowest BCUT2D eigenvalue weighted by atomic mass is 10.1. The Morgan fingerprint density at radius 3 is 2.55 bits per heavy atom. The summed E-state index contributed by atoms with van der Waals surface area (Å²) in [5, 5.41) is 2.55. The number of amides is 2. The molecule has 6 heteroatoms. The van der Waals surface area contributed by atoms with Gasteiger partial charge in [-0.3, -0.25) is 9.59 Å². The van der Waals surface area contributed by atoms with Crippen molar-refractivity contribution in [3.8, 4) is 0 Å². The van der Waals surface area contributed by atoms with Gasteiger partial charge in [0.25, 0.3) is 5.91 Å². The molecule has 22 heavy (non-hydrogen) atoms. The standard InChI is InChI=1S/C16H23FN2O3/c1-10(2)8-11(3)22-7-6-15(20)19-12-4-5-13(16(18)21)14(17)9-12/h4-5,9-11H,6-8H2,1-3H3,(H2,18,21)(H,19,20). The van der Waals surface area contributed by atoms with Crippen LogP contribution in [0.5, 0.6) is 0 Å². The fourth-order valence-electron chi connectivity index (χ4n) is 2.10. The van der Waals surface area contributed by atoms with Crippen molar-refractivity contribution in [1.29, 1.82) is 0 Å². The zero-order chi connectivity index (χ0) is 16.7. The van der Waals surface area contributed by atoms with E-state index in [1.807, 2.05) is 6.92 Å². The highest BCUT2D eigenvalue weighted by molar-refractivity contribution is 5.95. The predicted molar refractivity (Wildman–Crippen MR) is 83.0 cm³/mol. The molecule has 1 aromatic carbocycles. The first-order valence-electron chi connectivity index (χ1n) is 7.30. The van der Waals surface area contributed by atoms with E-state index < -0.39 is 11.7 Å². The third-order valence-electron chi connectivity index (χ3n) is 3.05. The van der Waals surface area contributed by atoms with Gasteiger partial charge in [-0.05, 0) is 37.5 Å². The van der Waals surface area contributed by atoms with Crippen molar-refractivity contribution in [3.05, 3.63) is 29.6 Å². The number of ether oxygens (including phenoxy) is 1. The lowest BCUT2D eigenvalue weighted by Gasteiger charge is -2.15. The van der Waals surface area contributed by atoms with Crippen LogP contribution in [0.2, 0.25) is 0 Å². The third kappa shape index (κ3) is 6.22. The van der Waals surface area contributed by atoms with Crippen LogP contribution in [-0.4, -0.2) is 24.5 Å². The van der Waals surface area contributed by atoms with E-state index in [4.69, 9.17) is 10.5 Å². The van der Waals surface area contributed by atoms with E-state index in [-0.39, 0.29) is 29.7 Å². The zero-order valence-corrected chi connectivity index (χ0v) is 13.2. The Balaban J connectivity index is 2.42. The first-order chi connectivity index (χ1) is 10.3. The van der Waals surface area contributed by atoms with E-state index in [0.29, 0.717) is 12.5 Å². The number of rotatable bonds is 8. The van der Waals surface area contributed by atoms with Gasteiger partial charge < -0.3 is 15.8 Å². The topological polar surface area (TPSA) is 81.4 Å². The molecule has 122 valence electrons. The van der Waals surface area contributed by atoms with E-state index in [1.54, 1.807) is 0 Å². The average Bonchev–Trinajstić information content (AvgIpc) is 2.37. The number of hydrogen-bond acceptors (Lipinski definition) is 3. The van der Waals surface area contributed by atoms with Crippen molar-refractivity contribution in [2.24, 2.45) is 11.7 Å². The van der Waals surface area contributed by atoms with Crippen LogP contribution in [0.25, 0.3) is 0 Å². The molecule has 0 aromatic heterocycles. The van der Waals surface area contributed by atoms with Crippen LogP contribution in [0.1, 0.15) is 44.0 Å². The SMILES string of the molecule is CC(C)CC(C)OCCC(=O)Nc1ccc(C(N)=O)c(F)c1. The van der Waals surface area contributed by atoms with E-state index in [9.17, 15) is 14.0 Å². The highest BCUT2D eigenvalue weighted by Crippen LogP contribution is 2.14. The Morgan fingerprint density at radius 1 is 1.32 bits per heavy atom. The van der Waals surface area contributed by atoms with Gasteiger partial charge in [0.05, 0.1) is 24.7 Å². The smallest absolute Gasteiger partial charge is 0.251 e. The average molecular weight is 310 g/mol. The number of primary amides is 1. The second-order valence-electron chi connectivity index (χ2n) is 5.67. The molecular formula is C16H23FN2O3. The number of halogens is 1. The minimum Gasteiger partial charge on any atom is -0.378 e. The summed E-state index contributed by atoms with van der Waals surface area (Å²) in [6.45, 7) is 6.49. The number of hydrogen-bond donors (Lipinski definition) is 2. The van der Waals surface area contributed by atoms with Crippen LogP contribution >= 0.6 is 0 Å². The lowest BCUT2D eigenvalue weighted by Crippen LogP contribution is -2.18. The molecule has 1 rings (SSSR count). The summed E-state index contributed by atoms with van der Waals surface area (Å²) in [6, 6.07) is 3.75. The molecule has 0 aliphatic heterocycles. The molecule has 0 heterocycles. The Hall–Kier alpha value is -1.95. The molecule has 1 atom stereocenters. The number of carbonyl (C=O) groups is 2. The van der Waals surface area contributed by atoms with Crippen LogP contribution in [0.3, 0.4) is 0 Å². The fourth-order valence-corrected chi connectivity index (χ4v) is 2.10. The fraction of sp³-hybridized carbons (Fsp3) is 0.500. The summed E-state index contributed by atoms with van der Waals surface area (Å²) in [5.41, 5.74) is 5.09. The molecule has 0 bridgehead atoms. The van der Waals surface area contributed by atoms with Gasteiger partial charge >= 0.3 is 0 Å². The van der Waals surface area contributed by atoms with E-state index in [0.717, 1.165) is 12.5 Å². The molecular weight excluding hydrogens is 287 g/mol. The van der Waals surface area contributed by atoms with Crippen molar-refractivity contribution in [2.45, 2.75) is 39.7 Å². The maximum absolute atomic E-state index is 13.6. The monoisotopic (exact) mass is 310 g/mol. The first-order valence-corrected chi connectivity index (χ1v) is 7.30. The highest BCUT2D eigenvalue weighted by Gasteiger charge is 2.11. The van der Waals surface area contributed by atoms with Crippen LogP contribution in [0.15, 0.2) is 18.2 Å². The highest BCUT2D eigenvalue weighted by atomic mass is 19.1. The summed E-state index contributed by atoms with van der Waals surface area (Å²) in [6.07, 6.45) is 1.21. The van der Waals surface area contributed by atoms with Crippen LogP contribution in [0, 0.1) is 11.7 Å². The van der Waals surface area contributed by atoms with E-state index in [1.165, 1.54) is 12.1 Å². The van der Waals surface area contributed by atoms with Crippen LogP contribution < -0.4 is 11.1 Å². The van der Waals surface area contributed by atoms with Gasteiger partial charge in [0.15, 0.2) is 0 Å². The first kappa shape index (κ1) is 18.1. The van der Waals surface area contributed by atoms with E-state index in [2.05, 4.69) is 19.2 Å². The summed E-state index contributed by atoms with van der Waals surface area (Å²) in [7, 11) is 0.